The Kier molecular flexibility index (Phi) is 4.29. The number of hydrogen-bond donors (Lipinski definition) is 1. The van der Waals surface area contributed by atoms with Crippen molar-refractivity contribution in [2.75, 3.05) is 13.1 Å². The first-order chi connectivity index (χ1) is 9.63. The van der Waals surface area contributed by atoms with Crippen molar-refractivity contribution in [2.24, 2.45) is 0 Å². The summed E-state index contributed by atoms with van der Waals surface area (Å²) in [5.74, 6) is -0.125. The first kappa shape index (κ1) is 14.3. The minimum Gasteiger partial charge on any atom is -0.349 e. The zero-order valence-corrected chi connectivity index (χ0v) is 13.5. The molecule has 2 aliphatic heterocycles. The Balaban J connectivity index is 1.65. The Hall–Kier alpha value is -0.650. The molecule has 2 unspecified atom stereocenters. The Bertz CT molecular complexity index is 525. The van der Waals surface area contributed by atoms with Crippen molar-refractivity contribution in [2.45, 2.75) is 37.8 Å². The molecular formula is C14H17BrClN3O. The van der Waals surface area contributed by atoms with Gasteiger partial charge in [0.2, 0.25) is 0 Å². The van der Waals surface area contributed by atoms with E-state index >= 15 is 0 Å². The third kappa shape index (κ3) is 3.00. The van der Waals surface area contributed by atoms with Gasteiger partial charge in [-0.1, -0.05) is 11.6 Å². The van der Waals surface area contributed by atoms with Crippen LogP contribution >= 0.6 is 27.5 Å². The van der Waals surface area contributed by atoms with Crippen molar-refractivity contribution in [1.29, 1.82) is 0 Å². The monoisotopic (exact) mass is 357 g/mol. The molecular weight excluding hydrogens is 342 g/mol. The van der Waals surface area contributed by atoms with E-state index in [1.165, 1.54) is 19.4 Å². The number of carbonyl (C=O) groups excluding carboxylic acids is 1. The minimum atomic E-state index is -0.125. The molecule has 0 aromatic carbocycles. The van der Waals surface area contributed by atoms with E-state index in [-0.39, 0.29) is 17.1 Å². The van der Waals surface area contributed by atoms with Crippen molar-refractivity contribution < 1.29 is 4.79 Å². The molecule has 2 aliphatic rings. The number of rotatable bonds is 2. The van der Waals surface area contributed by atoms with Crippen molar-refractivity contribution in [3.63, 3.8) is 0 Å². The maximum Gasteiger partial charge on any atom is 0.254 e. The van der Waals surface area contributed by atoms with Crippen molar-refractivity contribution in [1.82, 2.24) is 15.2 Å². The highest BCUT2D eigenvalue weighted by molar-refractivity contribution is 9.10. The van der Waals surface area contributed by atoms with Gasteiger partial charge in [-0.25, -0.2) is 4.98 Å². The quantitative estimate of drug-likeness (QED) is 0.827. The molecule has 1 N–H and O–H groups in total. The summed E-state index contributed by atoms with van der Waals surface area (Å²) in [6.07, 6.45) is 6.19. The molecule has 3 rings (SSSR count). The van der Waals surface area contributed by atoms with Crippen LogP contribution in [-0.2, 0) is 0 Å². The average Bonchev–Trinajstić information content (AvgIpc) is 2.89. The maximum absolute atomic E-state index is 12.3. The molecule has 108 valence electrons. The second kappa shape index (κ2) is 6.00. The lowest BCUT2D eigenvalue weighted by Crippen LogP contribution is -2.47. The van der Waals surface area contributed by atoms with E-state index in [0.717, 1.165) is 23.9 Å². The number of carbonyl (C=O) groups is 1. The summed E-state index contributed by atoms with van der Waals surface area (Å²) in [5.41, 5.74) is 0.440. The van der Waals surface area contributed by atoms with Gasteiger partial charge in [-0.15, -0.1) is 0 Å². The summed E-state index contributed by atoms with van der Waals surface area (Å²) >= 11 is 9.32. The van der Waals surface area contributed by atoms with Crippen LogP contribution in [0.2, 0.25) is 5.15 Å². The summed E-state index contributed by atoms with van der Waals surface area (Å²) < 4.78 is 0.762. The summed E-state index contributed by atoms with van der Waals surface area (Å²) in [6.45, 7) is 2.30. The zero-order valence-electron chi connectivity index (χ0n) is 11.1. The fourth-order valence-corrected chi connectivity index (χ4v) is 3.72. The van der Waals surface area contributed by atoms with E-state index < -0.39 is 0 Å². The molecule has 6 heteroatoms. The van der Waals surface area contributed by atoms with Gasteiger partial charge in [0.1, 0.15) is 5.15 Å². The minimum absolute atomic E-state index is 0.125. The molecule has 1 amide bonds. The number of hydrogen-bond acceptors (Lipinski definition) is 3. The summed E-state index contributed by atoms with van der Waals surface area (Å²) in [7, 11) is 0. The van der Waals surface area contributed by atoms with Crippen LogP contribution in [0.5, 0.6) is 0 Å². The van der Waals surface area contributed by atoms with Crippen LogP contribution in [0, 0.1) is 0 Å². The summed E-state index contributed by atoms with van der Waals surface area (Å²) in [5, 5.41) is 3.36. The molecule has 0 bridgehead atoms. The lowest BCUT2D eigenvalue weighted by Gasteiger charge is -2.35. The van der Waals surface area contributed by atoms with Gasteiger partial charge in [0.25, 0.3) is 5.91 Å². The van der Waals surface area contributed by atoms with Crippen LogP contribution in [0.15, 0.2) is 16.7 Å². The smallest absolute Gasteiger partial charge is 0.254 e. The van der Waals surface area contributed by atoms with Crippen LogP contribution in [0.3, 0.4) is 0 Å². The molecule has 1 aromatic heterocycles. The molecule has 0 spiro atoms. The highest BCUT2D eigenvalue weighted by Crippen LogP contribution is 2.27. The number of piperidine rings is 1. The first-order valence-corrected chi connectivity index (χ1v) is 8.16. The SMILES string of the molecule is O=C(NC1CCN2CCCC2C1)c1cc(Br)cnc1Cl. The normalized spacial score (nSPS) is 26.3. The molecule has 0 radical (unpaired) electrons. The molecule has 1 aromatic rings. The predicted octanol–water partition coefficient (Wildman–Crippen LogP) is 2.85. The van der Waals surface area contributed by atoms with Gasteiger partial charge in [-0.3, -0.25) is 4.79 Å². The van der Waals surface area contributed by atoms with Gasteiger partial charge in [-0.05, 0) is 54.2 Å². The van der Waals surface area contributed by atoms with E-state index in [4.69, 9.17) is 11.6 Å². The van der Waals surface area contributed by atoms with Gasteiger partial charge < -0.3 is 10.2 Å². The molecule has 0 saturated carbocycles. The number of nitrogens with one attached hydrogen (secondary N) is 1. The van der Waals surface area contributed by atoms with Crippen LogP contribution in [0.4, 0.5) is 0 Å². The van der Waals surface area contributed by atoms with Crippen LogP contribution in [-0.4, -0.2) is 41.0 Å². The number of amides is 1. The zero-order chi connectivity index (χ0) is 14.1. The van der Waals surface area contributed by atoms with Crippen molar-refractivity contribution >= 4 is 33.4 Å². The van der Waals surface area contributed by atoms with E-state index in [1.54, 1.807) is 12.3 Å². The third-order valence-electron chi connectivity index (χ3n) is 4.21. The molecule has 0 aliphatic carbocycles. The topological polar surface area (TPSA) is 45.2 Å². The Morgan fingerprint density at radius 3 is 3.15 bits per heavy atom. The van der Waals surface area contributed by atoms with Gasteiger partial charge in [0.15, 0.2) is 0 Å². The molecule has 3 heterocycles. The Morgan fingerprint density at radius 1 is 1.45 bits per heavy atom. The van der Waals surface area contributed by atoms with E-state index in [2.05, 4.69) is 31.1 Å². The summed E-state index contributed by atoms with van der Waals surface area (Å²) in [4.78, 5) is 18.8. The lowest BCUT2D eigenvalue weighted by molar-refractivity contribution is 0.0896. The Labute approximate surface area is 132 Å². The second-order valence-electron chi connectivity index (χ2n) is 5.52. The fourth-order valence-electron chi connectivity index (χ4n) is 3.20. The number of fused-ring (bicyclic) bond motifs is 1. The highest BCUT2D eigenvalue weighted by Gasteiger charge is 2.32. The largest absolute Gasteiger partial charge is 0.349 e. The maximum atomic E-state index is 12.3. The predicted molar refractivity (Wildman–Crippen MR) is 82.0 cm³/mol. The van der Waals surface area contributed by atoms with E-state index in [0.29, 0.717) is 11.6 Å². The molecule has 4 nitrogen and oxygen atoms in total. The van der Waals surface area contributed by atoms with Crippen LogP contribution in [0.1, 0.15) is 36.0 Å². The van der Waals surface area contributed by atoms with Gasteiger partial charge in [-0.2, -0.15) is 0 Å². The van der Waals surface area contributed by atoms with Crippen molar-refractivity contribution in [3.05, 3.63) is 27.5 Å². The summed E-state index contributed by atoms with van der Waals surface area (Å²) in [6, 6.07) is 2.61. The average molecular weight is 359 g/mol. The molecule has 20 heavy (non-hydrogen) atoms. The molecule has 2 fully saturated rings. The number of halogens is 2. The molecule has 2 saturated heterocycles. The standard InChI is InChI=1S/C14H17BrClN3O/c15-9-6-12(13(16)17-8-9)14(20)18-10-3-5-19-4-1-2-11(19)7-10/h6,8,10-11H,1-5,7H2,(H,18,20). The van der Waals surface area contributed by atoms with Crippen LogP contribution in [0.25, 0.3) is 0 Å². The van der Waals surface area contributed by atoms with Gasteiger partial charge in [0.05, 0.1) is 5.56 Å². The number of nitrogens with zero attached hydrogens (tertiary/aromatic N) is 2. The van der Waals surface area contributed by atoms with Gasteiger partial charge >= 0.3 is 0 Å². The van der Waals surface area contributed by atoms with E-state index in [9.17, 15) is 4.79 Å². The number of aromatic nitrogens is 1. The second-order valence-corrected chi connectivity index (χ2v) is 6.79. The first-order valence-electron chi connectivity index (χ1n) is 6.99. The fraction of sp³-hybridized carbons (Fsp3) is 0.571. The molecule has 2 atom stereocenters. The van der Waals surface area contributed by atoms with E-state index in [1.807, 2.05) is 0 Å². The van der Waals surface area contributed by atoms with Gasteiger partial charge in [0, 0.05) is 29.3 Å². The third-order valence-corrected chi connectivity index (χ3v) is 4.94. The van der Waals surface area contributed by atoms with Crippen molar-refractivity contribution in [3.8, 4) is 0 Å². The lowest BCUT2D eigenvalue weighted by atomic mass is 9.97. The Morgan fingerprint density at radius 2 is 2.30 bits per heavy atom. The van der Waals surface area contributed by atoms with Crippen LogP contribution < -0.4 is 5.32 Å². The number of pyridine rings is 1. The highest BCUT2D eigenvalue weighted by atomic mass is 79.9.